The van der Waals surface area contributed by atoms with E-state index < -0.39 is 0 Å². The highest BCUT2D eigenvalue weighted by Gasteiger charge is 2.15. The Bertz CT molecular complexity index is 785. The van der Waals surface area contributed by atoms with Crippen molar-refractivity contribution in [2.75, 3.05) is 12.8 Å². The van der Waals surface area contributed by atoms with Gasteiger partial charge in [-0.3, -0.25) is 0 Å². The van der Waals surface area contributed by atoms with Crippen LogP contribution in [0.3, 0.4) is 0 Å². The van der Waals surface area contributed by atoms with Crippen LogP contribution in [0, 0.1) is 6.92 Å². The third-order valence-electron chi connectivity index (χ3n) is 2.92. The molecule has 0 saturated carbocycles. The van der Waals surface area contributed by atoms with Gasteiger partial charge in [0, 0.05) is 11.9 Å². The Hall–Kier alpha value is -2.96. The summed E-state index contributed by atoms with van der Waals surface area (Å²) in [5, 5.41) is 3.93. The van der Waals surface area contributed by atoms with Crippen molar-refractivity contribution in [3.63, 3.8) is 0 Å². The molecule has 0 fully saturated rings. The van der Waals surface area contributed by atoms with Crippen molar-refractivity contribution in [2.45, 2.75) is 6.92 Å². The summed E-state index contributed by atoms with van der Waals surface area (Å²) in [6, 6.07) is 6.96. The number of methoxy groups -OCH3 is 1. The molecular formula is C14H13N5O2. The molecule has 7 nitrogen and oxygen atoms in total. The largest absolute Gasteiger partial charge is 0.497 e. The van der Waals surface area contributed by atoms with Gasteiger partial charge in [-0.2, -0.15) is 4.98 Å². The van der Waals surface area contributed by atoms with Gasteiger partial charge in [0.25, 0.3) is 5.89 Å². The number of nitrogens with zero attached hydrogens (tertiary/aromatic N) is 4. The molecule has 3 aromatic rings. The van der Waals surface area contributed by atoms with Gasteiger partial charge >= 0.3 is 0 Å². The van der Waals surface area contributed by atoms with Crippen molar-refractivity contribution >= 4 is 5.69 Å². The molecule has 0 bridgehead atoms. The van der Waals surface area contributed by atoms with Gasteiger partial charge in [0.15, 0.2) is 0 Å². The zero-order valence-corrected chi connectivity index (χ0v) is 11.6. The smallest absolute Gasteiger partial charge is 0.260 e. The van der Waals surface area contributed by atoms with E-state index in [4.69, 9.17) is 15.0 Å². The highest BCUT2D eigenvalue weighted by Crippen LogP contribution is 2.29. The van der Waals surface area contributed by atoms with Crippen LogP contribution in [-0.2, 0) is 0 Å². The number of nitrogen functional groups attached to an aromatic ring is 1. The van der Waals surface area contributed by atoms with Crippen LogP contribution in [0.2, 0.25) is 0 Å². The minimum atomic E-state index is 0.317. The van der Waals surface area contributed by atoms with E-state index in [0.717, 1.165) is 0 Å². The monoisotopic (exact) mass is 283 g/mol. The lowest BCUT2D eigenvalue weighted by Gasteiger charge is -2.03. The molecule has 0 aliphatic rings. The van der Waals surface area contributed by atoms with Crippen LogP contribution in [0.15, 0.2) is 35.0 Å². The molecule has 0 unspecified atom stereocenters. The summed E-state index contributed by atoms with van der Waals surface area (Å²) < 4.78 is 10.4. The minimum absolute atomic E-state index is 0.317. The topological polar surface area (TPSA) is 100.0 Å². The molecule has 0 spiro atoms. The van der Waals surface area contributed by atoms with Gasteiger partial charge in [0.1, 0.15) is 17.3 Å². The van der Waals surface area contributed by atoms with Gasteiger partial charge in [0.2, 0.25) is 5.82 Å². The lowest BCUT2D eigenvalue weighted by Crippen LogP contribution is -1.93. The Balaban J connectivity index is 2.02. The van der Waals surface area contributed by atoms with E-state index in [9.17, 15) is 0 Å². The van der Waals surface area contributed by atoms with Gasteiger partial charge in [-0.05, 0) is 31.2 Å². The maximum Gasteiger partial charge on any atom is 0.260 e. The zero-order chi connectivity index (χ0) is 14.8. The van der Waals surface area contributed by atoms with Crippen LogP contribution in [0.1, 0.15) is 5.82 Å². The molecule has 0 radical (unpaired) electrons. The number of hydrogen-bond donors (Lipinski definition) is 1. The molecule has 7 heteroatoms. The molecule has 2 heterocycles. The number of hydrogen-bond acceptors (Lipinski definition) is 7. The van der Waals surface area contributed by atoms with Crippen LogP contribution >= 0.6 is 0 Å². The van der Waals surface area contributed by atoms with E-state index in [2.05, 4.69) is 20.1 Å². The summed E-state index contributed by atoms with van der Waals surface area (Å²) in [6.07, 6.45) is 1.65. The summed E-state index contributed by atoms with van der Waals surface area (Å²) >= 11 is 0. The number of nitrogens with two attached hydrogens (primary N) is 1. The molecule has 1 aromatic carbocycles. The first-order valence-corrected chi connectivity index (χ1v) is 6.25. The summed E-state index contributed by atoms with van der Waals surface area (Å²) in [6.45, 7) is 1.80. The molecule has 21 heavy (non-hydrogen) atoms. The van der Waals surface area contributed by atoms with Crippen molar-refractivity contribution in [3.05, 3.63) is 36.3 Å². The maximum atomic E-state index is 5.94. The van der Waals surface area contributed by atoms with Crippen LogP contribution in [-0.4, -0.2) is 27.2 Å². The third-order valence-corrected chi connectivity index (χ3v) is 2.92. The van der Waals surface area contributed by atoms with E-state index in [0.29, 0.717) is 40.2 Å². The van der Waals surface area contributed by atoms with Gasteiger partial charge in [0.05, 0.1) is 12.7 Å². The van der Waals surface area contributed by atoms with Gasteiger partial charge in [-0.1, -0.05) is 5.16 Å². The summed E-state index contributed by atoms with van der Waals surface area (Å²) in [4.78, 5) is 12.6. The molecule has 3 rings (SSSR count). The van der Waals surface area contributed by atoms with Gasteiger partial charge in [-0.25, -0.2) is 9.97 Å². The predicted octanol–water partition coefficient (Wildman–Crippen LogP) is 2.09. The Labute approximate surface area is 120 Å². The number of ether oxygens (including phenoxy) is 1. The number of rotatable bonds is 3. The fourth-order valence-electron chi connectivity index (χ4n) is 1.87. The molecule has 2 aromatic heterocycles. The Morgan fingerprint density at radius 3 is 2.81 bits per heavy atom. The highest BCUT2D eigenvalue weighted by molar-refractivity contribution is 5.72. The van der Waals surface area contributed by atoms with Crippen molar-refractivity contribution in [3.8, 4) is 28.7 Å². The Kier molecular flexibility index (Phi) is 3.23. The molecule has 0 amide bonds. The number of benzene rings is 1. The fourth-order valence-corrected chi connectivity index (χ4v) is 1.87. The average Bonchev–Trinajstić information content (AvgIpc) is 2.97. The molecule has 0 aliphatic heterocycles. The average molecular weight is 283 g/mol. The molecule has 0 aliphatic carbocycles. The van der Waals surface area contributed by atoms with Crippen LogP contribution in [0.25, 0.3) is 23.0 Å². The van der Waals surface area contributed by atoms with E-state index in [-0.39, 0.29) is 0 Å². The first-order valence-electron chi connectivity index (χ1n) is 6.25. The molecule has 0 saturated heterocycles. The molecule has 106 valence electrons. The van der Waals surface area contributed by atoms with Crippen LogP contribution < -0.4 is 10.5 Å². The van der Waals surface area contributed by atoms with Crippen molar-refractivity contribution in [1.29, 1.82) is 0 Å². The summed E-state index contributed by atoms with van der Waals surface area (Å²) in [5.74, 6) is 2.01. The fraction of sp³-hybridized carbons (Fsp3) is 0.143. The van der Waals surface area contributed by atoms with Crippen molar-refractivity contribution in [1.82, 2.24) is 20.1 Å². The van der Waals surface area contributed by atoms with Crippen molar-refractivity contribution in [2.24, 2.45) is 0 Å². The number of anilines is 1. The number of aromatic nitrogens is 4. The lowest BCUT2D eigenvalue weighted by molar-refractivity contribution is 0.413. The molecule has 2 N–H and O–H groups in total. The highest BCUT2D eigenvalue weighted by atomic mass is 16.5. The van der Waals surface area contributed by atoms with E-state index in [1.54, 1.807) is 44.5 Å². The summed E-state index contributed by atoms with van der Waals surface area (Å²) in [5.41, 5.74) is 7.69. The Morgan fingerprint density at radius 2 is 2.05 bits per heavy atom. The second-order valence-electron chi connectivity index (χ2n) is 4.37. The zero-order valence-electron chi connectivity index (χ0n) is 11.6. The Morgan fingerprint density at radius 1 is 1.19 bits per heavy atom. The van der Waals surface area contributed by atoms with E-state index in [1.165, 1.54) is 0 Å². The maximum absolute atomic E-state index is 5.94. The van der Waals surface area contributed by atoms with Gasteiger partial charge < -0.3 is 15.0 Å². The lowest BCUT2D eigenvalue weighted by atomic mass is 10.1. The van der Waals surface area contributed by atoms with Gasteiger partial charge in [-0.15, -0.1) is 0 Å². The standard InChI is InChI=1S/C14H13N5O2/c1-8-16-6-5-12(17-8)13-18-14(21-19-13)10-7-9(20-2)3-4-11(10)15/h3-7H,15H2,1-2H3. The quantitative estimate of drug-likeness (QED) is 0.734. The molecular weight excluding hydrogens is 270 g/mol. The SMILES string of the molecule is COc1ccc(N)c(-c2nc(-c3ccnc(C)n3)no2)c1. The first kappa shape index (κ1) is 13.0. The minimum Gasteiger partial charge on any atom is -0.497 e. The van der Waals surface area contributed by atoms with E-state index >= 15 is 0 Å². The van der Waals surface area contributed by atoms with E-state index in [1.807, 2.05) is 0 Å². The molecule has 0 atom stereocenters. The summed E-state index contributed by atoms with van der Waals surface area (Å²) in [7, 11) is 1.58. The predicted molar refractivity (Wildman–Crippen MR) is 76.5 cm³/mol. The second-order valence-corrected chi connectivity index (χ2v) is 4.37. The van der Waals surface area contributed by atoms with Crippen molar-refractivity contribution < 1.29 is 9.26 Å². The third kappa shape index (κ3) is 2.53. The van der Waals surface area contributed by atoms with Crippen LogP contribution in [0.5, 0.6) is 5.75 Å². The first-order chi connectivity index (χ1) is 10.2. The number of aryl methyl sites for hydroxylation is 1. The second kappa shape index (κ2) is 5.20. The van der Waals surface area contributed by atoms with Crippen LogP contribution in [0.4, 0.5) is 5.69 Å². The normalized spacial score (nSPS) is 10.6.